The van der Waals surface area contributed by atoms with Crippen molar-refractivity contribution in [1.29, 1.82) is 0 Å². The summed E-state index contributed by atoms with van der Waals surface area (Å²) >= 11 is 0. The lowest BCUT2D eigenvalue weighted by atomic mass is 10.1. The zero-order valence-electron chi connectivity index (χ0n) is 19.7. The molecule has 0 fully saturated rings. The molecule has 2 aliphatic heterocycles. The zero-order valence-corrected chi connectivity index (χ0v) is 19.7. The monoisotopic (exact) mass is 466 g/mol. The van der Waals surface area contributed by atoms with Gasteiger partial charge < -0.3 is 25.0 Å². The number of rotatable bonds is 6. The number of fused-ring (bicyclic) bond motifs is 2. The smallest absolute Gasteiger partial charge is 0.241 e. The van der Waals surface area contributed by atoms with Crippen molar-refractivity contribution in [2.75, 3.05) is 43.6 Å². The summed E-state index contributed by atoms with van der Waals surface area (Å²) < 4.78 is 11.2. The molecule has 0 unspecified atom stereocenters. The van der Waals surface area contributed by atoms with Crippen LogP contribution in [0.4, 0.5) is 11.4 Å². The van der Waals surface area contributed by atoms with Gasteiger partial charge in [0.25, 0.3) is 0 Å². The van der Waals surface area contributed by atoms with Crippen molar-refractivity contribution in [3.63, 3.8) is 0 Å². The summed E-state index contributed by atoms with van der Waals surface area (Å²) in [4.78, 5) is 41.3. The maximum Gasteiger partial charge on any atom is 0.241 e. The molecule has 0 saturated carbocycles. The Kier molecular flexibility index (Phi) is 7.02. The predicted molar refractivity (Wildman–Crippen MR) is 128 cm³/mol. The molecule has 2 aliphatic rings. The molecule has 0 saturated heterocycles. The second-order valence-corrected chi connectivity index (χ2v) is 8.75. The molecule has 2 atom stereocenters. The Labute approximate surface area is 199 Å². The number of anilines is 2. The number of para-hydroxylation sites is 2. The van der Waals surface area contributed by atoms with Crippen LogP contribution in [0.1, 0.15) is 31.9 Å². The number of likely N-dealkylation sites (N-methyl/N-ethyl adjacent to an activating group) is 1. The Morgan fingerprint density at radius 2 is 1.88 bits per heavy atom. The number of hydrogen-bond donors (Lipinski definition) is 2. The normalized spacial score (nSPS) is 17.9. The van der Waals surface area contributed by atoms with Gasteiger partial charge >= 0.3 is 0 Å². The number of hydrogen-bond acceptors (Lipinski definition) is 6. The minimum atomic E-state index is -0.298. The number of ether oxygens (including phenoxy) is 2. The molecule has 0 spiro atoms. The lowest BCUT2D eigenvalue weighted by Crippen LogP contribution is -2.46. The average molecular weight is 467 g/mol. The van der Waals surface area contributed by atoms with Crippen molar-refractivity contribution >= 4 is 29.1 Å². The third-order valence-electron chi connectivity index (χ3n) is 5.89. The van der Waals surface area contributed by atoms with Crippen LogP contribution in [0, 0.1) is 0 Å². The predicted octanol–water partition coefficient (Wildman–Crippen LogP) is 2.33. The highest BCUT2D eigenvalue weighted by Crippen LogP contribution is 2.33. The van der Waals surface area contributed by atoms with E-state index in [1.165, 1.54) is 0 Å². The molecule has 9 heteroatoms. The van der Waals surface area contributed by atoms with Crippen molar-refractivity contribution in [3.05, 3.63) is 48.0 Å². The highest BCUT2D eigenvalue weighted by atomic mass is 16.6. The van der Waals surface area contributed by atoms with Crippen LogP contribution in [-0.4, -0.2) is 62.0 Å². The van der Waals surface area contributed by atoms with Crippen LogP contribution in [0.3, 0.4) is 0 Å². The van der Waals surface area contributed by atoms with E-state index in [2.05, 4.69) is 10.6 Å². The largest absolute Gasteiger partial charge is 0.486 e. The van der Waals surface area contributed by atoms with E-state index in [0.717, 1.165) is 5.56 Å². The zero-order chi connectivity index (χ0) is 24.2. The average Bonchev–Trinajstić information content (AvgIpc) is 2.92. The Morgan fingerprint density at radius 1 is 1.15 bits per heavy atom. The molecular weight excluding hydrogens is 436 g/mol. The van der Waals surface area contributed by atoms with E-state index in [9.17, 15) is 14.4 Å². The van der Waals surface area contributed by atoms with Crippen molar-refractivity contribution < 1.29 is 23.9 Å². The van der Waals surface area contributed by atoms with Crippen LogP contribution in [-0.2, 0) is 14.4 Å². The first-order valence-corrected chi connectivity index (χ1v) is 11.4. The summed E-state index contributed by atoms with van der Waals surface area (Å²) in [6.07, 6.45) is 0.206. The first kappa shape index (κ1) is 23.6. The van der Waals surface area contributed by atoms with E-state index >= 15 is 0 Å². The molecule has 2 aromatic carbocycles. The third-order valence-corrected chi connectivity index (χ3v) is 5.89. The highest BCUT2D eigenvalue weighted by molar-refractivity contribution is 6.05. The number of benzene rings is 2. The molecule has 0 aliphatic carbocycles. The summed E-state index contributed by atoms with van der Waals surface area (Å²) in [6, 6.07) is 12.3. The van der Waals surface area contributed by atoms with Gasteiger partial charge in [0, 0.05) is 12.5 Å². The van der Waals surface area contributed by atoms with Gasteiger partial charge in [-0.05, 0) is 50.7 Å². The van der Waals surface area contributed by atoms with E-state index in [-0.39, 0.29) is 49.3 Å². The minimum absolute atomic E-state index is 0.0404. The van der Waals surface area contributed by atoms with Crippen LogP contribution in [0.5, 0.6) is 11.5 Å². The molecule has 9 nitrogen and oxygen atoms in total. The quantitative estimate of drug-likeness (QED) is 0.678. The van der Waals surface area contributed by atoms with Gasteiger partial charge in [-0.3, -0.25) is 19.3 Å². The fraction of sp³-hybridized carbons (Fsp3) is 0.400. The van der Waals surface area contributed by atoms with Crippen LogP contribution >= 0.6 is 0 Å². The topological polar surface area (TPSA) is 100 Å². The van der Waals surface area contributed by atoms with Crippen LogP contribution in [0.15, 0.2) is 42.5 Å². The summed E-state index contributed by atoms with van der Waals surface area (Å²) in [7, 11) is 1.73. The maximum absolute atomic E-state index is 13.2. The fourth-order valence-electron chi connectivity index (χ4n) is 4.28. The van der Waals surface area contributed by atoms with Gasteiger partial charge in [-0.15, -0.1) is 0 Å². The lowest BCUT2D eigenvalue weighted by molar-refractivity contribution is -0.124. The second kappa shape index (κ2) is 10.1. The van der Waals surface area contributed by atoms with Crippen LogP contribution in [0.2, 0.25) is 0 Å². The molecule has 180 valence electrons. The van der Waals surface area contributed by atoms with Gasteiger partial charge in [-0.2, -0.15) is 0 Å². The fourth-order valence-corrected chi connectivity index (χ4v) is 4.28. The summed E-state index contributed by atoms with van der Waals surface area (Å²) in [5, 5.41) is 5.82. The van der Waals surface area contributed by atoms with E-state index in [4.69, 9.17) is 9.47 Å². The third kappa shape index (κ3) is 5.31. The van der Waals surface area contributed by atoms with Gasteiger partial charge in [0.2, 0.25) is 17.7 Å². The number of carbonyl (C=O) groups excluding carboxylic acids is 3. The number of nitrogens with zero attached hydrogens (tertiary/aromatic N) is 2. The molecule has 0 radical (unpaired) electrons. The summed E-state index contributed by atoms with van der Waals surface area (Å²) in [5.41, 5.74) is 2.18. The molecule has 0 bridgehead atoms. The van der Waals surface area contributed by atoms with Crippen molar-refractivity contribution in [2.24, 2.45) is 0 Å². The molecule has 3 amide bonds. The van der Waals surface area contributed by atoms with Crippen molar-refractivity contribution in [3.8, 4) is 11.5 Å². The SMILES string of the molecule is C[C@H](NC(=O)CN(C)CC(=O)N1c2ccccc2NC(=O)C[C@H]1C)c1ccc2c(c1)OCCO2. The molecule has 4 rings (SSSR count). The van der Waals surface area contributed by atoms with Crippen molar-refractivity contribution in [2.45, 2.75) is 32.4 Å². The molecule has 2 heterocycles. The van der Waals surface area contributed by atoms with Gasteiger partial charge in [-0.25, -0.2) is 0 Å². The summed E-state index contributed by atoms with van der Waals surface area (Å²) in [6.45, 7) is 4.87. The van der Waals surface area contributed by atoms with Gasteiger partial charge in [0.15, 0.2) is 11.5 Å². The molecular formula is C25H30N4O5. The van der Waals surface area contributed by atoms with Crippen molar-refractivity contribution in [1.82, 2.24) is 10.2 Å². The van der Waals surface area contributed by atoms with Gasteiger partial charge in [-0.1, -0.05) is 18.2 Å². The Balaban J connectivity index is 1.36. The molecule has 2 N–H and O–H groups in total. The van der Waals surface area contributed by atoms with Gasteiger partial charge in [0.05, 0.1) is 30.5 Å². The minimum Gasteiger partial charge on any atom is -0.486 e. The standard InChI is InChI=1S/C25H30N4O5/c1-16-12-23(30)27-19-6-4-5-7-20(19)29(16)25(32)15-28(3)14-24(31)26-17(2)18-8-9-21-22(13-18)34-11-10-33-21/h4-9,13,16-17H,10-12,14-15H2,1-3H3,(H,26,31)(H,27,30)/t16-,17+/m1/s1. The Hall–Kier alpha value is -3.59. The summed E-state index contributed by atoms with van der Waals surface area (Å²) in [5.74, 6) is 0.877. The highest BCUT2D eigenvalue weighted by Gasteiger charge is 2.30. The van der Waals surface area contributed by atoms with Crippen LogP contribution < -0.4 is 25.0 Å². The van der Waals surface area contributed by atoms with E-state index in [1.54, 1.807) is 22.9 Å². The van der Waals surface area contributed by atoms with E-state index in [0.29, 0.717) is 36.1 Å². The second-order valence-electron chi connectivity index (χ2n) is 8.75. The molecule has 0 aromatic heterocycles. The molecule has 34 heavy (non-hydrogen) atoms. The lowest BCUT2D eigenvalue weighted by Gasteiger charge is -2.29. The molecule has 2 aromatic rings. The maximum atomic E-state index is 13.2. The number of amides is 3. The first-order valence-electron chi connectivity index (χ1n) is 11.4. The number of nitrogens with one attached hydrogen (secondary N) is 2. The van der Waals surface area contributed by atoms with E-state index in [1.807, 2.05) is 50.2 Å². The first-order chi connectivity index (χ1) is 16.3. The van der Waals surface area contributed by atoms with E-state index < -0.39 is 0 Å². The Morgan fingerprint density at radius 3 is 2.68 bits per heavy atom. The van der Waals surface area contributed by atoms with Gasteiger partial charge in [0.1, 0.15) is 13.2 Å². The Bertz CT molecular complexity index is 1090. The van der Waals surface area contributed by atoms with Crippen LogP contribution in [0.25, 0.3) is 0 Å². The number of carbonyl (C=O) groups is 3.